The Kier molecular flexibility index (Phi) is 5.53. The predicted octanol–water partition coefficient (Wildman–Crippen LogP) is 5.12. The molecule has 5 rings (SSSR count). The van der Waals surface area contributed by atoms with Crippen LogP contribution in [0.5, 0.6) is 0 Å². The molecule has 1 aliphatic carbocycles. The second-order valence-corrected chi connectivity index (χ2v) is 9.24. The molecule has 2 aromatic heterocycles. The largest absolute Gasteiger partial charge is 0.344 e. The van der Waals surface area contributed by atoms with Crippen LogP contribution in [0.1, 0.15) is 18.9 Å². The van der Waals surface area contributed by atoms with E-state index < -0.39 is 0 Å². The van der Waals surface area contributed by atoms with Crippen molar-refractivity contribution in [3.63, 3.8) is 0 Å². The number of halogens is 1. The van der Waals surface area contributed by atoms with E-state index in [-0.39, 0.29) is 23.3 Å². The van der Waals surface area contributed by atoms with Crippen LogP contribution in [0.3, 0.4) is 0 Å². The van der Waals surface area contributed by atoms with Crippen molar-refractivity contribution >= 4 is 46.0 Å². The number of aromatic nitrogens is 3. The molecular formula is C24H21ClN4O2S. The number of fused-ring (bicyclic) bond motifs is 1. The average molecular weight is 465 g/mol. The van der Waals surface area contributed by atoms with E-state index in [1.807, 2.05) is 48.1 Å². The molecule has 1 fully saturated rings. The summed E-state index contributed by atoms with van der Waals surface area (Å²) in [5.74, 6) is -0.00814. The van der Waals surface area contributed by atoms with Crippen molar-refractivity contribution in [2.24, 2.45) is 7.05 Å². The second kappa shape index (κ2) is 8.48. The van der Waals surface area contributed by atoms with Crippen LogP contribution in [-0.4, -0.2) is 25.8 Å². The Bertz CT molecular complexity index is 1360. The molecule has 32 heavy (non-hydrogen) atoms. The van der Waals surface area contributed by atoms with Crippen molar-refractivity contribution in [2.75, 3.05) is 11.1 Å². The molecule has 8 heteroatoms. The molecule has 4 aromatic rings. The lowest BCUT2D eigenvalue weighted by molar-refractivity contribution is -0.113. The highest BCUT2D eigenvalue weighted by Crippen LogP contribution is 2.38. The van der Waals surface area contributed by atoms with Crippen LogP contribution in [0.25, 0.3) is 22.2 Å². The maximum atomic E-state index is 13.4. The van der Waals surface area contributed by atoms with Crippen LogP contribution in [0.15, 0.2) is 70.7 Å². The Hall–Kier alpha value is -3.03. The number of amides is 1. The minimum atomic E-state index is -0.162. The van der Waals surface area contributed by atoms with E-state index in [0.29, 0.717) is 26.9 Å². The van der Waals surface area contributed by atoms with Gasteiger partial charge in [-0.1, -0.05) is 53.7 Å². The first kappa shape index (κ1) is 20.8. The number of anilines is 1. The summed E-state index contributed by atoms with van der Waals surface area (Å²) in [7, 11) is 1.88. The molecule has 1 aliphatic rings. The number of carbonyl (C=O) groups is 1. The van der Waals surface area contributed by atoms with Crippen LogP contribution in [0.2, 0.25) is 5.02 Å². The van der Waals surface area contributed by atoms with E-state index in [1.165, 1.54) is 11.8 Å². The van der Waals surface area contributed by atoms with E-state index in [4.69, 9.17) is 16.6 Å². The second-order valence-electron chi connectivity index (χ2n) is 7.86. The van der Waals surface area contributed by atoms with Crippen molar-refractivity contribution in [1.82, 2.24) is 14.1 Å². The van der Waals surface area contributed by atoms with Gasteiger partial charge in [0.2, 0.25) is 5.91 Å². The number of carbonyl (C=O) groups excluding carboxylic acids is 1. The molecule has 1 saturated carbocycles. The van der Waals surface area contributed by atoms with Gasteiger partial charge in [0.1, 0.15) is 11.0 Å². The third-order valence-corrected chi connectivity index (χ3v) is 6.65. The van der Waals surface area contributed by atoms with Crippen molar-refractivity contribution in [3.05, 3.63) is 76.2 Å². The summed E-state index contributed by atoms with van der Waals surface area (Å²) in [5.41, 5.74) is 3.80. The fourth-order valence-corrected chi connectivity index (χ4v) is 4.76. The van der Waals surface area contributed by atoms with Gasteiger partial charge >= 0.3 is 0 Å². The van der Waals surface area contributed by atoms with Crippen molar-refractivity contribution in [2.45, 2.75) is 24.0 Å². The van der Waals surface area contributed by atoms with Gasteiger partial charge in [-0.25, -0.2) is 4.98 Å². The minimum Gasteiger partial charge on any atom is -0.344 e. The van der Waals surface area contributed by atoms with E-state index in [0.717, 1.165) is 24.0 Å². The first-order valence-corrected chi connectivity index (χ1v) is 11.7. The zero-order valence-electron chi connectivity index (χ0n) is 17.4. The maximum absolute atomic E-state index is 13.4. The third-order valence-electron chi connectivity index (χ3n) is 5.45. The first-order chi connectivity index (χ1) is 15.5. The summed E-state index contributed by atoms with van der Waals surface area (Å²) in [4.78, 5) is 30.9. The third kappa shape index (κ3) is 4.06. The van der Waals surface area contributed by atoms with Crippen molar-refractivity contribution < 1.29 is 4.79 Å². The molecule has 0 spiro atoms. The monoisotopic (exact) mass is 464 g/mol. The van der Waals surface area contributed by atoms with Crippen LogP contribution >= 0.6 is 23.4 Å². The van der Waals surface area contributed by atoms with Gasteiger partial charge in [-0.3, -0.25) is 14.2 Å². The summed E-state index contributed by atoms with van der Waals surface area (Å²) >= 11 is 7.20. The van der Waals surface area contributed by atoms with Crippen LogP contribution < -0.4 is 10.9 Å². The Morgan fingerprint density at radius 1 is 1.16 bits per heavy atom. The van der Waals surface area contributed by atoms with E-state index in [1.54, 1.807) is 28.8 Å². The van der Waals surface area contributed by atoms with Crippen LogP contribution in [0.4, 0.5) is 5.69 Å². The Balaban J connectivity index is 1.49. The molecule has 0 bridgehead atoms. The molecule has 0 atom stereocenters. The van der Waals surface area contributed by atoms with Crippen molar-refractivity contribution in [1.29, 1.82) is 0 Å². The van der Waals surface area contributed by atoms with E-state index in [9.17, 15) is 9.59 Å². The SMILES string of the molecule is Cn1cc(-c2ccccc2)c2nc(SCC(=O)Nc3ccc(Cl)cc3)n(C3CC3)c(=O)c21. The molecule has 0 aliphatic heterocycles. The standard InChI is InChI=1S/C24H21ClN4O2S/c1-28-13-19(15-5-3-2-4-6-15)21-22(28)23(31)29(18-11-12-18)24(27-21)32-14-20(30)26-17-9-7-16(25)8-10-17/h2-10,13,18H,11-12,14H2,1H3,(H,26,30). The van der Waals surface area contributed by atoms with Crippen LogP contribution in [0, 0.1) is 0 Å². The first-order valence-electron chi connectivity index (χ1n) is 10.4. The van der Waals surface area contributed by atoms with Crippen LogP contribution in [-0.2, 0) is 11.8 Å². The Morgan fingerprint density at radius 3 is 2.56 bits per heavy atom. The molecule has 1 N–H and O–H groups in total. The lowest BCUT2D eigenvalue weighted by Gasteiger charge is -2.12. The van der Waals surface area contributed by atoms with Gasteiger partial charge in [-0.05, 0) is 42.7 Å². The smallest absolute Gasteiger partial charge is 0.278 e. The minimum absolute atomic E-state index is 0.0530. The summed E-state index contributed by atoms with van der Waals surface area (Å²) in [6.07, 6.45) is 3.86. The van der Waals surface area contributed by atoms with Gasteiger partial charge < -0.3 is 9.88 Å². The summed E-state index contributed by atoms with van der Waals surface area (Å²) in [6, 6.07) is 17.0. The number of thioether (sulfide) groups is 1. The summed E-state index contributed by atoms with van der Waals surface area (Å²) < 4.78 is 3.62. The summed E-state index contributed by atoms with van der Waals surface area (Å²) in [5, 5.41) is 4.05. The quantitative estimate of drug-likeness (QED) is 0.317. The number of rotatable bonds is 6. The van der Waals surface area contributed by atoms with Gasteiger partial charge in [0.25, 0.3) is 5.56 Å². The van der Waals surface area contributed by atoms with Gasteiger partial charge in [-0.15, -0.1) is 0 Å². The number of hydrogen-bond acceptors (Lipinski definition) is 4. The predicted molar refractivity (Wildman–Crippen MR) is 129 cm³/mol. The van der Waals surface area contributed by atoms with E-state index in [2.05, 4.69) is 5.32 Å². The van der Waals surface area contributed by atoms with Gasteiger partial charge in [0, 0.05) is 35.6 Å². The molecule has 0 unspecified atom stereocenters. The highest BCUT2D eigenvalue weighted by molar-refractivity contribution is 7.99. The Labute approximate surface area is 194 Å². The van der Waals surface area contributed by atoms with Gasteiger partial charge in [-0.2, -0.15) is 0 Å². The molecule has 162 valence electrons. The van der Waals surface area contributed by atoms with Gasteiger partial charge in [0.05, 0.1) is 5.75 Å². The number of aryl methyl sites for hydroxylation is 1. The molecule has 6 nitrogen and oxygen atoms in total. The normalized spacial score (nSPS) is 13.4. The average Bonchev–Trinajstić information content (AvgIpc) is 3.57. The molecule has 2 aromatic carbocycles. The molecular weight excluding hydrogens is 444 g/mol. The number of benzene rings is 2. The number of hydrogen-bond donors (Lipinski definition) is 1. The fraction of sp³-hybridized carbons (Fsp3) is 0.208. The van der Waals surface area contributed by atoms with Crippen molar-refractivity contribution in [3.8, 4) is 11.1 Å². The zero-order chi connectivity index (χ0) is 22.2. The zero-order valence-corrected chi connectivity index (χ0v) is 19.0. The maximum Gasteiger partial charge on any atom is 0.278 e. The highest BCUT2D eigenvalue weighted by Gasteiger charge is 2.30. The number of nitrogens with zero attached hydrogens (tertiary/aromatic N) is 3. The molecule has 0 saturated heterocycles. The fourth-order valence-electron chi connectivity index (χ4n) is 3.78. The Morgan fingerprint density at radius 2 is 1.88 bits per heavy atom. The molecule has 0 radical (unpaired) electrons. The lowest BCUT2D eigenvalue weighted by Crippen LogP contribution is -2.24. The summed E-state index contributed by atoms with van der Waals surface area (Å²) in [6.45, 7) is 0. The van der Waals surface area contributed by atoms with Gasteiger partial charge in [0.15, 0.2) is 5.16 Å². The highest BCUT2D eigenvalue weighted by atomic mass is 35.5. The lowest BCUT2D eigenvalue weighted by atomic mass is 10.1. The number of nitrogens with one attached hydrogen (secondary N) is 1. The van der Waals surface area contributed by atoms with E-state index >= 15 is 0 Å². The molecule has 2 heterocycles. The topological polar surface area (TPSA) is 68.9 Å². The molecule has 1 amide bonds.